The molecular formula is C12H18N2O2. The summed E-state index contributed by atoms with van der Waals surface area (Å²) in [6.45, 7) is 1.65. The molecule has 1 aromatic heterocycles. The van der Waals surface area contributed by atoms with Gasteiger partial charge in [0.05, 0.1) is 30.5 Å². The van der Waals surface area contributed by atoms with Gasteiger partial charge in [-0.3, -0.25) is 10.3 Å². The second kappa shape index (κ2) is 4.49. The van der Waals surface area contributed by atoms with E-state index in [0.29, 0.717) is 0 Å². The lowest BCUT2D eigenvalue weighted by Gasteiger charge is -2.30. The van der Waals surface area contributed by atoms with Gasteiger partial charge in [-0.05, 0) is 31.4 Å². The quantitative estimate of drug-likeness (QED) is 0.690. The first-order chi connectivity index (χ1) is 7.68. The first-order valence-corrected chi connectivity index (χ1v) is 5.62. The molecule has 16 heavy (non-hydrogen) atoms. The average Bonchev–Trinajstić information content (AvgIpc) is 2.73. The van der Waals surface area contributed by atoms with Crippen LogP contribution in [-0.2, 0) is 6.42 Å². The second-order valence-corrected chi connectivity index (χ2v) is 4.66. The van der Waals surface area contributed by atoms with Gasteiger partial charge in [0.1, 0.15) is 0 Å². The van der Waals surface area contributed by atoms with Crippen molar-refractivity contribution in [2.45, 2.75) is 31.3 Å². The molecule has 0 saturated heterocycles. The molecule has 0 fully saturated rings. The van der Waals surface area contributed by atoms with Crippen LogP contribution in [0.4, 0.5) is 0 Å². The Kier molecular flexibility index (Phi) is 3.23. The van der Waals surface area contributed by atoms with E-state index in [1.165, 1.54) is 5.56 Å². The summed E-state index contributed by atoms with van der Waals surface area (Å²) in [6.07, 6.45) is 3.77. The van der Waals surface area contributed by atoms with E-state index in [-0.39, 0.29) is 19.3 Å². The Bertz CT molecular complexity index is 364. The van der Waals surface area contributed by atoms with E-state index >= 15 is 0 Å². The summed E-state index contributed by atoms with van der Waals surface area (Å²) in [5.41, 5.74) is 1.68. The van der Waals surface area contributed by atoms with Crippen LogP contribution < -0.4 is 5.32 Å². The minimum absolute atomic E-state index is 0.0812. The third kappa shape index (κ3) is 2.09. The van der Waals surface area contributed by atoms with E-state index in [4.69, 9.17) is 0 Å². The maximum Gasteiger partial charge on any atom is 0.0633 e. The van der Waals surface area contributed by atoms with Gasteiger partial charge in [-0.1, -0.05) is 6.07 Å². The van der Waals surface area contributed by atoms with Crippen molar-refractivity contribution >= 4 is 0 Å². The molecule has 1 heterocycles. The molecule has 1 unspecified atom stereocenters. The van der Waals surface area contributed by atoms with E-state index in [1.807, 2.05) is 13.0 Å². The second-order valence-electron chi connectivity index (χ2n) is 4.66. The van der Waals surface area contributed by atoms with Gasteiger partial charge in [0.15, 0.2) is 0 Å². The van der Waals surface area contributed by atoms with Gasteiger partial charge >= 0.3 is 0 Å². The third-order valence-corrected chi connectivity index (χ3v) is 3.18. The van der Waals surface area contributed by atoms with Crippen LogP contribution in [0.3, 0.4) is 0 Å². The molecule has 0 spiro atoms. The van der Waals surface area contributed by atoms with Crippen molar-refractivity contribution in [3.05, 3.63) is 29.6 Å². The number of fused-ring (bicyclic) bond motifs is 1. The zero-order chi connectivity index (χ0) is 11.6. The van der Waals surface area contributed by atoms with E-state index in [9.17, 15) is 10.2 Å². The highest BCUT2D eigenvalue weighted by Gasteiger charge is 2.31. The Hall–Kier alpha value is -0.970. The number of aromatic nitrogens is 1. The topological polar surface area (TPSA) is 65.4 Å². The fourth-order valence-corrected chi connectivity index (χ4v) is 2.11. The zero-order valence-corrected chi connectivity index (χ0v) is 9.48. The first kappa shape index (κ1) is 11.5. The van der Waals surface area contributed by atoms with Gasteiger partial charge < -0.3 is 10.2 Å². The third-order valence-electron chi connectivity index (χ3n) is 3.18. The number of rotatable bonds is 4. The number of hydrogen-bond donors (Lipinski definition) is 3. The standard InChI is InChI=1S/C12H18N2O2/c1-12(7-15,8-16)14-10-5-4-9-3-2-6-13-11(9)10/h2-3,6,10,14-16H,4-5,7-8H2,1H3. The Morgan fingerprint density at radius 2 is 2.25 bits per heavy atom. The zero-order valence-electron chi connectivity index (χ0n) is 9.48. The molecule has 0 radical (unpaired) electrons. The fraction of sp³-hybridized carbons (Fsp3) is 0.583. The number of nitrogens with one attached hydrogen (secondary N) is 1. The van der Waals surface area contributed by atoms with Gasteiger partial charge in [0, 0.05) is 6.20 Å². The molecule has 4 nitrogen and oxygen atoms in total. The number of pyridine rings is 1. The van der Waals surface area contributed by atoms with Crippen LogP contribution in [0, 0.1) is 0 Å². The van der Waals surface area contributed by atoms with Crippen molar-refractivity contribution in [1.82, 2.24) is 10.3 Å². The molecule has 0 aliphatic heterocycles. The van der Waals surface area contributed by atoms with E-state index in [0.717, 1.165) is 18.5 Å². The van der Waals surface area contributed by atoms with Gasteiger partial charge in [0.25, 0.3) is 0 Å². The monoisotopic (exact) mass is 222 g/mol. The molecule has 1 atom stereocenters. The summed E-state index contributed by atoms with van der Waals surface area (Å²) in [4.78, 5) is 4.37. The molecule has 0 saturated carbocycles. The van der Waals surface area contributed by atoms with Crippen LogP contribution in [0.2, 0.25) is 0 Å². The highest BCUT2D eigenvalue weighted by atomic mass is 16.3. The molecule has 1 aliphatic carbocycles. The van der Waals surface area contributed by atoms with Gasteiger partial charge in [-0.25, -0.2) is 0 Å². The van der Waals surface area contributed by atoms with Crippen LogP contribution in [0.15, 0.2) is 18.3 Å². The van der Waals surface area contributed by atoms with Gasteiger partial charge in [-0.15, -0.1) is 0 Å². The van der Waals surface area contributed by atoms with Crippen molar-refractivity contribution in [2.75, 3.05) is 13.2 Å². The van der Waals surface area contributed by atoms with Crippen molar-refractivity contribution in [2.24, 2.45) is 0 Å². The lowest BCUT2D eigenvalue weighted by molar-refractivity contribution is 0.0934. The van der Waals surface area contributed by atoms with Crippen LogP contribution in [-0.4, -0.2) is 33.9 Å². The summed E-state index contributed by atoms with van der Waals surface area (Å²) < 4.78 is 0. The van der Waals surface area contributed by atoms with E-state index < -0.39 is 5.54 Å². The number of hydrogen-bond acceptors (Lipinski definition) is 4. The summed E-state index contributed by atoms with van der Waals surface area (Å²) in [5, 5.41) is 21.8. The largest absolute Gasteiger partial charge is 0.394 e. The highest BCUT2D eigenvalue weighted by molar-refractivity contribution is 5.28. The molecule has 1 aliphatic rings. The minimum atomic E-state index is -0.635. The van der Waals surface area contributed by atoms with E-state index in [1.54, 1.807) is 6.20 Å². The lowest BCUT2D eigenvalue weighted by Crippen LogP contribution is -2.50. The predicted molar refractivity (Wildman–Crippen MR) is 61.0 cm³/mol. The molecule has 4 heteroatoms. The summed E-state index contributed by atoms with van der Waals surface area (Å²) in [5.74, 6) is 0. The number of aliphatic hydroxyl groups is 2. The maximum atomic E-state index is 9.25. The Morgan fingerprint density at radius 1 is 1.50 bits per heavy atom. The van der Waals surface area contributed by atoms with Crippen molar-refractivity contribution in [1.29, 1.82) is 0 Å². The fourth-order valence-electron chi connectivity index (χ4n) is 2.11. The summed E-state index contributed by atoms with van der Waals surface area (Å²) in [6, 6.07) is 4.16. The Morgan fingerprint density at radius 3 is 2.94 bits per heavy atom. The normalized spacial score (nSPS) is 19.8. The van der Waals surface area contributed by atoms with Crippen LogP contribution in [0.1, 0.15) is 30.6 Å². The molecule has 0 aromatic carbocycles. The number of aryl methyl sites for hydroxylation is 1. The Labute approximate surface area is 95.3 Å². The van der Waals surface area contributed by atoms with Crippen LogP contribution >= 0.6 is 0 Å². The summed E-state index contributed by atoms with van der Waals surface area (Å²) >= 11 is 0. The molecule has 0 amide bonds. The SMILES string of the molecule is CC(CO)(CO)NC1CCc2cccnc21. The van der Waals surface area contributed by atoms with Crippen LogP contribution in [0.25, 0.3) is 0 Å². The lowest BCUT2D eigenvalue weighted by atomic mass is 10.0. The maximum absolute atomic E-state index is 9.25. The predicted octanol–water partition coefficient (Wildman–Crippen LogP) is 0.402. The van der Waals surface area contributed by atoms with Crippen LogP contribution in [0.5, 0.6) is 0 Å². The van der Waals surface area contributed by atoms with Gasteiger partial charge in [0.2, 0.25) is 0 Å². The Balaban J connectivity index is 2.14. The smallest absolute Gasteiger partial charge is 0.0633 e. The van der Waals surface area contributed by atoms with Crippen molar-refractivity contribution in [3.8, 4) is 0 Å². The number of nitrogens with zero attached hydrogens (tertiary/aromatic N) is 1. The minimum Gasteiger partial charge on any atom is -0.394 e. The van der Waals surface area contributed by atoms with E-state index in [2.05, 4.69) is 16.4 Å². The highest BCUT2D eigenvalue weighted by Crippen LogP contribution is 2.30. The first-order valence-electron chi connectivity index (χ1n) is 5.62. The average molecular weight is 222 g/mol. The number of aliphatic hydroxyl groups excluding tert-OH is 2. The molecule has 1 aromatic rings. The molecule has 0 bridgehead atoms. The molecule has 88 valence electrons. The van der Waals surface area contributed by atoms with Crippen molar-refractivity contribution < 1.29 is 10.2 Å². The van der Waals surface area contributed by atoms with Crippen molar-refractivity contribution in [3.63, 3.8) is 0 Å². The van der Waals surface area contributed by atoms with Gasteiger partial charge in [-0.2, -0.15) is 0 Å². The molecular weight excluding hydrogens is 204 g/mol. The molecule has 3 N–H and O–H groups in total. The molecule has 2 rings (SSSR count). The summed E-state index contributed by atoms with van der Waals surface area (Å²) in [7, 11) is 0.